The van der Waals surface area contributed by atoms with Gasteiger partial charge in [-0.1, -0.05) is 6.07 Å². The van der Waals surface area contributed by atoms with E-state index in [0.29, 0.717) is 12.0 Å². The molecule has 5 heteroatoms. The fourth-order valence-electron chi connectivity index (χ4n) is 1.68. The minimum absolute atomic E-state index is 0.229. The third-order valence-corrected chi connectivity index (χ3v) is 3.62. The van der Waals surface area contributed by atoms with E-state index < -0.39 is 11.6 Å². The maximum absolute atomic E-state index is 13.0. The van der Waals surface area contributed by atoms with Crippen LogP contribution in [0.3, 0.4) is 0 Å². The van der Waals surface area contributed by atoms with Gasteiger partial charge in [-0.3, -0.25) is 0 Å². The van der Waals surface area contributed by atoms with Crippen LogP contribution in [0.15, 0.2) is 23.7 Å². The summed E-state index contributed by atoms with van der Waals surface area (Å²) >= 11 is 1.48. The molecule has 17 heavy (non-hydrogen) atoms. The van der Waals surface area contributed by atoms with Gasteiger partial charge < -0.3 is 5.73 Å². The molecule has 0 radical (unpaired) electrons. The lowest BCUT2D eigenvalue weighted by Gasteiger charge is -2.10. The minimum Gasteiger partial charge on any atom is -0.323 e. The van der Waals surface area contributed by atoms with Crippen LogP contribution in [0.2, 0.25) is 0 Å². The van der Waals surface area contributed by atoms with Crippen LogP contribution in [0.4, 0.5) is 8.78 Å². The third-order valence-electron chi connectivity index (χ3n) is 2.56. The van der Waals surface area contributed by atoms with Crippen molar-refractivity contribution in [2.45, 2.75) is 19.4 Å². The van der Waals surface area contributed by atoms with Crippen LogP contribution < -0.4 is 5.73 Å². The molecule has 1 atom stereocenters. The van der Waals surface area contributed by atoms with Crippen LogP contribution in [-0.2, 0) is 6.42 Å². The Balaban J connectivity index is 2.16. The molecule has 0 saturated heterocycles. The molecular formula is C12H12F2N2S. The van der Waals surface area contributed by atoms with Gasteiger partial charge in [-0.15, -0.1) is 11.3 Å². The van der Waals surface area contributed by atoms with E-state index in [2.05, 4.69) is 4.98 Å². The molecule has 1 unspecified atom stereocenters. The molecular weight excluding hydrogens is 242 g/mol. The topological polar surface area (TPSA) is 38.9 Å². The number of nitrogens with two attached hydrogens (primary N) is 1. The number of benzene rings is 1. The molecule has 2 nitrogen and oxygen atoms in total. The molecule has 1 heterocycles. The van der Waals surface area contributed by atoms with E-state index in [1.165, 1.54) is 17.4 Å². The lowest BCUT2D eigenvalue weighted by Crippen LogP contribution is -2.13. The van der Waals surface area contributed by atoms with Crippen LogP contribution in [0.5, 0.6) is 0 Å². The third kappa shape index (κ3) is 2.68. The van der Waals surface area contributed by atoms with E-state index in [4.69, 9.17) is 5.73 Å². The van der Waals surface area contributed by atoms with Crippen molar-refractivity contribution in [3.63, 3.8) is 0 Å². The van der Waals surface area contributed by atoms with Gasteiger partial charge in [0.2, 0.25) is 0 Å². The second-order valence-electron chi connectivity index (χ2n) is 3.86. The molecule has 0 bridgehead atoms. The molecule has 1 aromatic carbocycles. The molecule has 0 fully saturated rings. The van der Waals surface area contributed by atoms with Gasteiger partial charge in [0, 0.05) is 10.9 Å². The Labute approximate surface area is 102 Å². The zero-order valence-electron chi connectivity index (χ0n) is 9.28. The van der Waals surface area contributed by atoms with Gasteiger partial charge in [0.1, 0.15) is 0 Å². The Bertz CT molecular complexity index is 525. The number of nitrogens with zero attached hydrogens (tertiary/aromatic N) is 1. The summed E-state index contributed by atoms with van der Waals surface area (Å²) in [5.74, 6) is -1.67. The quantitative estimate of drug-likeness (QED) is 0.914. The Morgan fingerprint density at radius 3 is 2.71 bits per heavy atom. The Morgan fingerprint density at radius 1 is 1.35 bits per heavy atom. The standard InChI is InChI=1S/C12H12F2N2S/c1-7-12(17-6-16-7)11(15)5-8-2-3-9(13)10(14)4-8/h2-4,6,11H,5,15H2,1H3. The smallest absolute Gasteiger partial charge is 0.159 e. The summed E-state index contributed by atoms with van der Waals surface area (Å²) < 4.78 is 25.8. The number of rotatable bonds is 3. The first-order valence-corrected chi connectivity index (χ1v) is 6.05. The first-order valence-electron chi connectivity index (χ1n) is 5.17. The first kappa shape index (κ1) is 12.1. The van der Waals surface area contributed by atoms with Crippen LogP contribution in [0.1, 0.15) is 22.2 Å². The van der Waals surface area contributed by atoms with Crippen LogP contribution in [0.25, 0.3) is 0 Å². The maximum atomic E-state index is 13.0. The lowest BCUT2D eigenvalue weighted by atomic mass is 10.0. The van der Waals surface area contributed by atoms with Gasteiger partial charge in [0.05, 0.1) is 11.2 Å². The Kier molecular flexibility index (Phi) is 3.49. The zero-order valence-corrected chi connectivity index (χ0v) is 10.1. The Hall–Kier alpha value is -1.33. The average molecular weight is 254 g/mol. The number of aryl methyl sites for hydroxylation is 1. The summed E-state index contributed by atoms with van der Waals surface area (Å²) in [5.41, 5.74) is 9.32. The number of halogens is 2. The highest BCUT2D eigenvalue weighted by molar-refractivity contribution is 7.09. The molecule has 0 aliphatic carbocycles. The van der Waals surface area contributed by atoms with Crippen molar-refractivity contribution in [3.05, 3.63) is 51.5 Å². The molecule has 0 spiro atoms. The molecule has 2 N–H and O–H groups in total. The van der Waals surface area contributed by atoms with E-state index in [1.807, 2.05) is 6.92 Å². The summed E-state index contributed by atoms with van der Waals surface area (Å²) in [6.45, 7) is 1.89. The van der Waals surface area contributed by atoms with Gasteiger partial charge in [0.25, 0.3) is 0 Å². The second-order valence-corrected chi connectivity index (χ2v) is 4.75. The van der Waals surface area contributed by atoms with Crippen LogP contribution in [0, 0.1) is 18.6 Å². The summed E-state index contributed by atoms with van der Waals surface area (Å²) in [5, 5.41) is 0. The molecule has 0 saturated carbocycles. The second kappa shape index (κ2) is 4.89. The molecule has 2 rings (SSSR count). The highest BCUT2D eigenvalue weighted by Crippen LogP contribution is 2.23. The summed E-state index contributed by atoms with van der Waals surface area (Å²) in [7, 11) is 0. The van der Waals surface area contributed by atoms with Gasteiger partial charge in [0.15, 0.2) is 11.6 Å². The minimum atomic E-state index is -0.837. The monoisotopic (exact) mass is 254 g/mol. The van der Waals surface area contributed by atoms with Gasteiger partial charge in [-0.05, 0) is 31.0 Å². The normalized spacial score (nSPS) is 12.7. The van der Waals surface area contributed by atoms with Crippen molar-refractivity contribution >= 4 is 11.3 Å². The summed E-state index contributed by atoms with van der Waals surface area (Å²) in [4.78, 5) is 5.10. The number of thiazole rings is 1. The van der Waals surface area contributed by atoms with E-state index in [9.17, 15) is 8.78 Å². The van der Waals surface area contributed by atoms with Gasteiger partial charge >= 0.3 is 0 Å². The summed E-state index contributed by atoms with van der Waals surface area (Å²) in [6, 6.07) is 3.63. The predicted octanol–water partition coefficient (Wildman–Crippen LogP) is 2.97. The van der Waals surface area contributed by atoms with E-state index in [0.717, 1.165) is 16.6 Å². The fraction of sp³-hybridized carbons (Fsp3) is 0.250. The molecule has 1 aromatic heterocycles. The van der Waals surface area contributed by atoms with Gasteiger partial charge in [-0.2, -0.15) is 0 Å². The maximum Gasteiger partial charge on any atom is 0.159 e. The lowest BCUT2D eigenvalue weighted by molar-refractivity contribution is 0.506. The molecule has 90 valence electrons. The van der Waals surface area contributed by atoms with Crippen molar-refractivity contribution in [1.29, 1.82) is 0 Å². The van der Waals surface area contributed by atoms with Crippen molar-refractivity contribution in [2.24, 2.45) is 5.73 Å². The van der Waals surface area contributed by atoms with Crippen molar-refractivity contribution in [3.8, 4) is 0 Å². The largest absolute Gasteiger partial charge is 0.323 e. The van der Waals surface area contributed by atoms with Crippen LogP contribution in [-0.4, -0.2) is 4.98 Å². The van der Waals surface area contributed by atoms with E-state index >= 15 is 0 Å². The van der Waals surface area contributed by atoms with Gasteiger partial charge in [-0.25, -0.2) is 13.8 Å². The molecule has 0 aliphatic rings. The fourth-order valence-corrected chi connectivity index (χ4v) is 2.49. The molecule has 0 amide bonds. The van der Waals surface area contributed by atoms with E-state index in [-0.39, 0.29) is 6.04 Å². The first-order chi connectivity index (χ1) is 8.08. The highest BCUT2D eigenvalue weighted by atomic mass is 32.1. The summed E-state index contributed by atoms with van der Waals surface area (Å²) in [6.07, 6.45) is 0.472. The average Bonchev–Trinajstić information content (AvgIpc) is 2.70. The molecule has 2 aromatic rings. The highest BCUT2D eigenvalue weighted by Gasteiger charge is 2.13. The van der Waals surface area contributed by atoms with E-state index in [1.54, 1.807) is 11.6 Å². The molecule has 0 aliphatic heterocycles. The number of hydrogen-bond acceptors (Lipinski definition) is 3. The predicted molar refractivity (Wildman–Crippen MR) is 63.8 cm³/mol. The number of aromatic nitrogens is 1. The SMILES string of the molecule is Cc1ncsc1C(N)Cc1ccc(F)c(F)c1. The van der Waals surface area contributed by atoms with Crippen molar-refractivity contribution < 1.29 is 8.78 Å². The van der Waals surface area contributed by atoms with Crippen LogP contribution >= 0.6 is 11.3 Å². The zero-order chi connectivity index (χ0) is 12.4. The van der Waals surface area contributed by atoms with Crippen molar-refractivity contribution in [2.75, 3.05) is 0 Å². The van der Waals surface area contributed by atoms with Crippen molar-refractivity contribution in [1.82, 2.24) is 4.98 Å². The number of hydrogen-bond donors (Lipinski definition) is 1. The Morgan fingerprint density at radius 2 is 2.12 bits per heavy atom.